The maximum Gasteiger partial charge on any atom is 0.222 e. The van der Waals surface area contributed by atoms with Gasteiger partial charge in [-0.25, -0.2) is 4.39 Å². The molecule has 178 valence electrons. The summed E-state index contributed by atoms with van der Waals surface area (Å²) in [7, 11) is 1.90. The molecule has 1 amide bonds. The molecule has 5 nitrogen and oxygen atoms in total. The van der Waals surface area contributed by atoms with E-state index < -0.39 is 6.17 Å². The van der Waals surface area contributed by atoms with Crippen molar-refractivity contribution in [3.05, 3.63) is 0 Å². The van der Waals surface area contributed by atoms with Crippen molar-refractivity contribution in [3.8, 4) is 0 Å². The first-order valence-electron chi connectivity index (χ1n) is 12.5. The van der Waals surface area contributed by atoms with Crippen LogP contribution >= 0.6 is 15.9 Å². The second-order valence-electron chi connectivity index (χ2n) is 10.3. The van der Waals surface area contributed by atoms with Crippen molar-refractivity contribution in [2.45, 2.75) is 113 Å². The van der Waals surface area contributed by atoms with Gasteiger partial charge in [-0.1, -0.05) is 15.9 Å². The molecule has 2 aliphatic heterocycles. The molecule has 4 aliphatic rings. The van der Waals surface area contributed by atoms with Gasteiger partial charge in [-0.15, -0.1) is 0 Å². The average Bonchev–Trinajstić information content (AvgIpc) is 3.43. The van der Waals surface area contributed by atoms with E-state index in [-0.39, 0.29) is 24.3 Å². The molecule has 2 saturated heterocycles. The maximum absolute atomic E-state index is 13.4. The molecule has 31 heavy (non-hydrogen) atoms. The molecule has 0 bridgehead atoms. The minimum Gasteiger partial charge on any atom is -0.373 e. The second-order valence-corrected chi connectivity index (χ2v) is 11.6. The molecule has 1 N–H and O–H groups in total. The molecular weight excluding hydrogens is 463 g/mol. The van der Waals surface area contributed by atoms with Gasteiger partial charge >= 0.3 is 0 Å². The zero-order valence-electron chi connectivity index (χ0n) is 18.9. The molecule has 4 unspecified atom stereocenters. The Morgan fingerprint density at radius 3 is 2.39 bits per heavy atom. The largest absolute Gasteiger partial charge is 0.373 e. The minimum atomic E-state index is -0.627. The normalized spacial score (nSPS) is 41.4. The minimum absolute atomic E-state index is 0.0536. The van der Waals surface area contributed by atoms with Gasteiger partial charge in [-0.2, -0.15) is 0 Å². The first-order chi connectivity index (χ1) is 15.0. The quantitative estimate of drug-likeness (QED) is 0.518. The zero-order chi connectivity index (χ0) is 21.8. The van der Waals surface area contributed by atoms with Crippen molar-refractivity contribution in [1.82, 2.24) is 10.2 Å². The second kappa shape index (κ2) is 11.3. The lowest BCUT2D eigenvalue weighted by atomic mass is 9.84. The van der Waals surface area contributed by atoms with E-state index in [1.807, 2.05) is 11.9 Å². The fourth-order valence-electron chi connectivity index (χ4n) is 5.97. The van der Waals surface area contributed by atoms with Gasteiger partial charge in [0.1, 0.15) is 12.4 Å². The van der Waals surface area contributed by atoms with Crippen LogP contribution in [0.25, 0.3) is 0 Å². The first-order valence-corrected chi connectivity index (χ1v) is 13.5. The van der Waals surface area contributed by atoms with Crippen molar-refractivity contribution in [3.63, 3.8) is 0 Å². The van der Waals surface area contributed by atoms with Gasteiger partial charge in [0.2, 0.25) is 5.91 Å². The van der Waals surface area contributed by atoms with Gasteiger partial charge in [-0.05, 0) is 82.5 Å². The van der Waals surface area contributed by atoms with Gasteiger partial charge in [-0.3, -0.25) is 10.1 Å². The number of likely N-dealkylation sites (N-methyl/N-ethyl adjacent to an activating group) is 1. The van der Waals surface area contributed by atoms with Gasteiger partial charge < -0.3 is 14.4 Å². The van der Waals surface area contributed by atoms with Crippen LogP contribution in [0.2, 0.25) is 0 Å². The van der Waals surface area contributed by atoms with Gasteiger partial charge in [0.25, 0.3) is 0 Å². The fraction of sp³-hybridized carbons (Fsp3) is 0.958. The molecule has 0 spiro atoms. The number of hydrogen-bond acceptors (Lipinski definition) is 4. The van der Waals surface area contributed by atoms with E-state index in [1.54, 1.807) is 0 Å². The number of amides is 1. The van der Waals surface area contributed by atoms with Crippen LogP contribution < -0.4 is 5.32 Å². The predicted octanol–water partition coefficient (Wildman–Crippen LogP) is 4.57. The van der Waals surface area contributed by atoms with E-state index in [4.69, 9.17) is 9.47 Å². The molecule has 4 fully saturated rings. The Bertz CT molecular complexity index is 581. The van der Waals surface area contributed by atoms with Crippen LogP contribution in [-0.4, -0.2) is 66.5 Å². The summed E-state index contributed by atoms with van der Waals surface area (Å²) in [5.74, 6) is 1.32. The molecule has 0 radical (unpaired) electrons. The Hall–Kier alpha value is -0.240. The highest BCUT2D eigenvalue weighted by atomic mass is 79.9. The Kier molecular flexibility index (Phi) is 8.68. The van der Waals surface area contributed by atoms with Crippen molar-refractivity contribution in [2.24, 2.45) is 11.8 Å². The molecule has 4 atom stereocenters. The smallest absolute Gasteiger partial charge is 0.222 e. The molecule has 2 saturated carbocycles. The standard InChI is InChI=1S/C24H40BrFN2O3/c1-28(15-20-10-11-21(30-20)16-2-6-18(25)7-3-16)24(29)13-12-23-27-14-22(31-23)17-4-8-19(26)9-5-17/h16-23,27H,2-15H2,1H3. The SMILES string of the molecule is CN(CC1CCC(C2CCC(Br)CC2)O1)C(=O)CCC1NCC(C2CCC(F)CC2)O1. The lowest BCUT2D eigenvalue weighted by Crippen LogP contribution is -2.36. The summed E-state index contributed by atoms with van der Waals surface area (Å²) in [4.78, 5) is 15.2. The summed E-state index contributed by atoms with van der Waals surface area (Å²) in [6.45, 7) is 1.52. The van der Waals surface area contributed by atoms with Gasteiger partial charge in [0.15, 0.2) is 0 Å². The van der Waals surface area contributed by atoms with E-state index in [0.29, 0.717) is 55.0 Å². The number of nitrogens with zero attached hydrogens (tertiary/aromatic N) is 1. The van der Waals surface area contributed by atoms with E-state index in [2.05, 4.69) is 21.2 Å². The van der Waals surface area contributed by atoms with E-state index in [9.17, 15) is 9.18 Å². The van der Waals surface area contributed by atoms with Crippen LogP contribution in [0.5, 0.6) is 0 Å². The van der Waals surface area contributed by atoms with Crippen LogP contribution in [0.15, 0.2) is 0 Å². The van der Waals surface area contributed by atoms with Gasteiger partial charge in [0, 0.05) is 31.4 Å². The highest BCUT2D eigenvalue weighted by molar-refractivity contribution is 9.09. The maximum atomic E-state index is 13.4. The third-order valence-electron chi connectivity index (χ3n) is 8.00. The fourth-order valence-corrected chi connectivity index (χ4v) is 6.50. The summed E-state index contributed by atoms with van der Waals surface area (Å²) < 4.78 is 25.9. The van der Waals surface area contributed by atoms with E-state index >= 15 is 0 Å². The first kappa shape index (κ1) is 23.9. The number of ether oxygens (including phenoxy) is 2. The van der Waals surface area contributed by atoms with Crippen LogP contribution in [0.3, 0.4) is 0 Å². The van der Waals surface area contributed by atoms with Gasteiger partial charge in [0.05, 0.1) is 18.3 Å². The lowest BCUT2D eigenvalue weighted by molar-refractivity contribution is -0.132. The predicted molar refractivity (Wildman–Crippen MR) is 123 cm³/mol. The highest BCUT2D eigenvalue weighted by Gasteiger charge is 2.36. The summed E-state index contributed by atoms with van der Waals surface area (Å²) >= 11 is 3.74. The van der Waals surface area contributed by atoms with Crippen molar-refractivity contribution >= 4 is 21.8 Å². The van der Waals surface area contributed by atoms with Crippen molar-refractivity contribution in [1.29, 1.82) is 0 Å². The average molecular weight is 503 g/mol. The Balaban J connectivity index is 1.12. The Morgan fingerprint density at radius 1 is 0.968 bits per heavy atom. The van der Waals surface area contributed by atoms with Crippen molar-refractivity contribution in [2.75, 3.05) is 20.1 Å². The number of rotatable bonds is 7. The van der Waals surface area contributed by atoms with Crippen molar-refractivity contribution < 1.29 is 18.7 Å². The third-order valence-corrected chi connectivity index (χ3v) is 8.92. The van der Waals surface area contributed by atoms with Crippen LogP contribution in [0, 0.1) is 11.8 Å². The molecule has 7 heteroatoms. The number of alkyl halides is 2. The molecule has 0 aromatic heterocycles. The number of halogens is 2. The molecule has 2 aliphatic carbocycles. The topological polar surface area (TPSA) is 50.8 Å². The molecule has 4 rings (SSSR count). The zero-order valence-corrected chi connectivity index (χ0v) is 20.5. The van der Waals surface area contributed by atoms with E-state index in [1.165, 1.54) is 25.7 Å². The monoisotopic (exact) mass is 502 g/mol. The van der Waals surface area contributed by atoms with Crippen LogP contribution in [-0.2, 0) is 14.3 Å². The summed E-state index contributed by atoms with van der Waals surface area (Å²) in [5, 5.41) is 3.41. The number of hydrogen-bond donors (Lipinski definition) is 1. The summed E-state index contributed by atoms with van der Waals surface area (Å²) in [5.41, 5.74) is 0. The van der Waals surface area contributed by atoms with Crippen LogP contribution in [0.4, 0.5) is 4.39 Å². The number of carbonyl (C=O) groups excluding carboxylic acids is 1. The molecule has 0 aromatic carbocycles. The number of carbonyl (C=O) groups is 1. The summed E-state index contributed by atoms with van der Waals surface area (Å²) in [6, 6.07) is 0. The lowest BCUT2D eigenvalue weighted by Gasteiger charge is -2.30. The molecule has 2 heterocycles. The molecule has 0 aromatic rings. The van der Waals surface area contributed by atoms with E-state index in [0.717, 1.165) is 32.2 Å². The third kappa shape index (κ3) is 6.64. The number of nitrogens with one attached hydrogen (secondary N) is 1. The Morgan fingerprint density at radius 2 is 1.65 bits per heavy atom. The Labute approximate surface area is 195 Å². The van der Waals surface area contributed by atoms with Crippen LogP contribution in [0.1, 0.15) is 77.0 Å². The summed E-state index contributed by atoms with van der Waals surface area (Å²) in [6.07, 6.45) is 11.6. The molecular formula is C24H40BrFN2O3. The highest BCUT2D eigenvalue weighted by Crippen LogP contribution is 2.37.